The highest BCUT2D eigenvalue weighted by Gasteiger charge is 2.51. The molecule has 1 aromatic carbocycles. The summed E-state index contributed by atoms with van der Waals surface area (Å²) < 4.78 is 6.04. The smallest absolute Gasteiger partial charge is 0.293 e. The van der Waals surface area contributed by atoms with Gasteiger partial charge in [0.25, 0.3) is 5.91 Å². The molecule has 3 aromatic rings. The first kappa shape index (κ1) is 19.0. The van der Waals surface area contributed by atoms with Crippen molar-refractivity contribution in [3.05, 3.63) is 42.4 Å². The maximum absolute atomic E-state index is 12.9. The third-order valence-corrected chi connectivity index (χ3v) is 8.27. The average Bonchev–Trinajstić information content (AvgIpc) is 3.35. The molecule has 2 heterocycles. The number of fused-ring (bicyclic) bond motifs is 1. The van der Waals surface area contributed by atoms with Crippen molar-refractivity contribution in [2.24, 2.45) is 23.2 Å². The molecule has 2 N–H and O–H groups in total. The second kappa shape index (κ2) is 7.19. The molecular weight excluding hydrogens is 410 g/mol. The molecule has 2 amide bonds. The highest BCUT2D eigenvalue weighted by molar-refractivity contribution is 7.22. The Kier molecular flexibility index (Phi) is 4.42. The Morgan fingerprint density at radius 3 is 2.48 bits per heavy atom. The van der Waals surface area contributed by atoms with Crippen molar-refractivity contribution in [1.82, 2.24) is 4.98 Å². The molecule has 0 spiro atoms. The summed E-state index contributed by atoms with van der Waals surface area (Å²) >= 11 is 1.38. The Labute approximate surface area is 184 Å². The van der Waals surface area contributed by atoms with E-state index in [4.69, 9.17) is 4.42 Å². The number of benzene rings is 1. The van der Waals surface area contributed by atoms with Crippen molar-refractivity contribution < 1.29 is 14.0 Å². The summed E-state index contributed by atoms with van der Waals surface area (Å²) in [6.45, 7) is 0. The SMILES string of the molecule is O=C(CC12CC3CC(CC(C3)C1)C2)Nc1ccc2nc(NC(=O)c3ccco3)sc2c1. The summed E-state index contributed by atoms with van der Waals surface area (Å²) in [5.41, 5.74) is 1.81. The van der Waals surface area contributed by atoms with E-state index in [-0.39, 0.29) is 23.0 Å². The normalized spacial score (nSPS) is 28.7. The molecule has 31 heavy (non-hydrogen) atoms. The van der Waals surface area contributed by atoms with Gasteiger partial charge < -0.3 is 9.73 Å². The van der Waals surface area contributed by atoms with E-state index < -0.39 is 0 Å². The van der Waals surface area contributed by atoms with Crippen LogP contribution >= 0.6 is 11.3 Å². The summed E-state index contributed by atoms with van der Waals surface area (Å²) in [5, 5.41) is 6.39. The number of amides is 2. The molecule has 2 aromatic heterocycles. The van der Waals surface area contributed by atoms with Crippen molar-refractivity contribution in [2.75, 3.05) is 10.6 Å². The molecule has 0 radical (unpaired) electrons. The van der Waals surface area contributed by atoms with Crippen LogP contribution in [0.5, 0.6) is 0 Å². The topological polar surface area (TPSA) is 84.2 Å². The molecule has 4 aliphatic carbocycles. The van der Waals surface area contributed by atoms with Crippen LogP contribution in [0.2, 0.25) is 0 Å². The largest absolute Gasteiger partial charge is 0.459 e. The molecule has 4 bridgehead atoms. The van der Waals surface area contributed by atoms with Gasteiger partial charge in [-0.2, -0.15) is 0 Å². The second-order valence-electron chi connectivity index (χ2n) is 9.78. The Hall–Kier alpha value is -2.67. The summed E-state index contributed by atoms with van der Waals surface area (Å²) in [6, 6.07) is 8.99. The molecule has 0 atom stereocenters. The van der Waals surface area contributed by atoms with Crippen LogP contribution in [0.1, 0.15) is 55.5 Å². The van der Waals surface area contributed by atoms with E-state index in [0.29, 0.717) is 11.6 Å². The van der Waals surface area contributed by atoms with Crippen molar-refractivity contribution in [3.8, 4) is 0 Å². The van der Waals surface area contributed by atoms with Gasteiger partial charge in [-0.15, -0.1) is 0 Å². The number of anilines is 2. The van der Waals surface area contributed by atoms with Crippen molar-refractivity contribution in [1.29, 1.82) is 0 Å². The number of carbonyl (C=O) groups is 2. The second-order valence-corrected chi connectivity index (χ2v) is 10.8. The lowest BCUT2D eigenvalue weighted by molar-refractivity contribution is -0.124. The maximum Gasteiger partial charge on any atom is 0.293 e. The van der Waals surface area contributed by atoms with E-state index in [1.807, 2.05) is 18.2 Å². The fourth-order valence-corrected chi connectivity index (χ4v) is 7.57. The Balaban J connectivity index is 1.14. The number of carbonyl (C=O) groups excluding carboxylic acids is 2. The first-order valence-corrected chi connectivity index (χ1v) is 11.9. The van der Waals surface area contributed by atoms with E-state index >= 15 is 0 Å². The van der Waals surface area contributed by atoms with Crippen molar-refractivity contribution >= 4 is 44.2 Å². The number of furan rings is 1. The minimum Gasteiger partial charge on any atom is -0.459 e. The van der Waals surface area contributed by atoms with Crippen LogP contribution in [-0.2, 0) is 4.79 Å². The summed E-state index contributed by atoms with van der Waals surface area (Å²) in [7, 11) is 0. The van der Waals surface area contributed by atoms with Crippen LogP contribution in [0.3, 0.4) is 0 Å². The zero-order chi connectivity index (χ0) is 21.0. The lowest BCUT2D eigenvalue weighted by Gasteiger charge is -2.56. The van der Waals surface area contributed by atoms with Gasteiger partial charge in [-0.05, 0) is 92.0 Å². The van der Waals surface area contributed by atoms with Gasteiger partial charge in [-0.25, -0.2) is 4.98 Å². The van der Waals surface area contributed by atoms with Crippen LogP contribution < -0.4 is 10.6 Å². The number of hydrogen-bond acceptors (Lipinski definition) is 5. The maximum atomic E-state index is 12.9. The summed E-state index contributed by atoms with van der Waals surface area (Å²) in [6.07, 6.45) is 9.98. The van der Waals surface area contributed by atoms with Crippen LogP contribution in [0, 0.1) is 23.2 Å². The standard InChI is InChI=1S/C24H25N3O3S/c28-21(13-24-10-14-6-15(11-24)8-16(7-14)12-24)25-17-3-4-18-20(9-17)31-23(26-18)27-22(29)19-2-1-5-30-19/h1-5,9,14-16H,6-8,10-13H2,(H,25,28)(H,26,27,29). The van der Waals surface area contributed by atoms with Crippen molar-refractivity contribution in [2.45, 2.75) is 44.9 Å². The molecule has 0 aliphatic heterocycles. The molecule has 6 nitrogen and oxygen atoms in total. The monoisotopic (exact) mass is 435 g/mol. The number of hydrogen-bond donors (Lipinski definition) is 2. The van der Waals surface area contributed by atoms with Gasteiger partial charge in [0.15, 0.2) is 10.9 Å². The van der Waals surface area contributed by atoms with Crippen LogP contribution in [0.15, 0.2) is 41.0 Å². The van der Waals surface area contributed by atoms with Gasteiger partial charge in [0.1, 0.15) is 0 Å². The van der Waals surface area contributed by atoms with Gasteiger partial charge in [0.05, 0.1) is 16.5 Å². The van der Waals surface area contributed by atoms with Crippen LogP contribution in [-0.4, -0.2) is 16.8 Å². The lowest BCUT2D eigenvalue weighted by Crippen LogP contribution is -2.47. The average molecular weight is 436 g/mol. The number of thiazole rings is 1. The molecule has 4 aliphatic rings. The number of rotatable bonds is 5. The molecule has 0 unspecified atom stereocenters. The minimum atomic E-state index is -0.326. The Morgan fingerprint density at radius 2 is 1.81 bits per heavy atom. The zero-order valence-corrected chi connectivity index (χ0v) is 18.0. The Bertz CT molecular complexity index is 1110. The molecule has 4 saturated carbocycles. The fourth-order valence-electron chi connectivity index (χ4n) is 6.67. The fraction of sp³-hybridized carbons (Fsp3) is 0.458. The third-order valence-electron chi connectivity index (χ3n) is 7.34. The number of nitrogens with zero attached hydrogens (tertiary/aromatic N) is 1. The predicted molar refractivity (Wildman–Crippen MR) is 120 cm³/mol. The first-order chi connectivity index (χ1) is 15.0. The Morgan fingerprint density at radius 1 is 1.06 bits per heavy atom. The third kappa shape index (κ3) is 3.65. The minimum absolute atomic E-state index is 0.122. The van der Waals surface area contributed by atoms with Crippen LogP contribution in [0.4, 0.5) is 10.8 Å². The first-order valence-electron chi connectivity index (χ1n) is 11.1. The van der Waals surface area contributed by atoms with Gasteiger partial charge in [0.2, 0.25) is 5.91 Å². The molecule has 160 valence electrons. The predicted octanol–water partition coefficient (Wildman–Crippen LogP) is 5.69. The van der Waals surface area contributed by atoms with E-state index in [2.05, 4.69) is 15.6 Å². The van der Waals surface area contributed by atoms with E-state index in [1.165, 1.54) is 56.1 Å². The quantitative estimate of drug-likeness (QED) is 0.539. The zero-order valence-electron chi connectivity index (χ0n) is 17.2. The van der Waals surface area contributed by atoms with Gasteiger partial charge >= 0.3 is 0 Å². The highest BCUT2D eigenvalue weighted by atomic mass is 32.1. The van der Waals surface area contributed by atoms with Gasteiger partial charge in [-0.3, -0.25) is 14.9 Å². The highest BCUT2D eigenvalue weighted by Crippen LogP contribution is 2.61. The molecule has 7 heteroatoms. The summed E-state index contributed by atoms with van der Waals surface area (Å²) in [4.78, 5) is 29.6. The molecular formula is C24H25N3O3S. The number of nitrogens with one attached hydrogen (secondary N) is 2. The number of aromatic nitrogens is 1. The van der Waals surface area contributed by atoms with Gasteiger partial charge in [-0.1, -0.05) is 11.3 Å². The molecule has 0 saturated heterocycles. The van der Waals surface area contributed by atoms with E-state index in [1.54, 1.807) is 12.1 Å². The van der Waals surface area contributed by atoms with E-state index in [0.717, 1.165) is 33.7 Å². The van der Waals surface area contributed by atoms with Crippen molar-refractivity contribution in [3.63, 3.8) is 0 Å². The van der Waals surface area contributed by atoms with Gasteiger partial charge in [0, 0.05) is 12.1 Å². The molecule has 7 rings (SSSR count). The summed E-state index contributed by atoms with van der Waals surface area (Å²) in [5.74, 6) is 2.59. The van der Waals surface area contributed by atoms with Crippen LogP contribution in [0.25, 0.3) is 10.2 Å². The lowest BCUT2D eigenvalue weighted by atomic mass is 9.49. The van der Waals surface area contributed by atoms with E-state index in [9.17, 15) is 9.59 Å². The molecule has 4 fully saturated rings.